The minimum atomic E-state index is 0.759. The predicted molar refractivity (Wildman–Crippen MR) is 90.2 cm³/mol. The van der Waals surface area contributed by atoms with Gasteiger partial charge in [-0.3, -0.25) is 0 Å². The van der Waals surface area contributed by atoms with E-state index in [4.69, 9.17) is 0 Å². The third-order valence-corrected chi connectivity index (χ3v) is 4.82. The summed E-state index contributed by atoms with van der Waals surface area (Å²) >= 11 is 0. The van der Waals surface area contributed by atoms with Gasteiger partial charge in [-0.05, 0) is 50.1 Å². The largest absolute Gasteiger partial charge is 0.314 e. The summed E-state index contributed by atoms with van der Waals surface area (Å²) in [6.07, 6.45) is 7.07. The molecule has 120 valence electrons. The summed E-state index contributed by atoms with van der Waals surface area (Å²) < 4.78 is 0. The Morgan fingerprint density at radius 3 is 2.45 bits per heavy atom. The van der Waals surface area contributed by atoms with Gasteiger partial charge in [0.25, 0.3) is 0 Å². The maximum atomic E-state index is 3.75. The Bertz CT molecular complexity index is 240. The van der Waals surface area contributed by atoms with Crippen molar-refractivity contribution in [3.05, 3.63) is 0 Å². The monoisotopic (exact) mass is 282 g/mol. The second-order valence-electron chi connectivity index (χ2n) is 7.14. The minimum Gasteiger partial charge on any atom is -0.314 e. The summed E-state index contributed by atoms with van der Waals surface area (Å²) in [4.78, 5) is 2.67. The fourth-order valence-corrected chi connectivity index (χ4v) is 3.95. The van der Waals surface area contributed by atoms with E-state index >= 15 is 0 Å². The standard InChI is InChI=1S/C18H38N2/c1-6-9-16-10-11-18(19-7-2)17(12-16)14-20(8-3)13-15(4)5/h15-19H,6-14H2,1-5H3. The first kappa shape index (κ1) is 18.0. The molecule has 1 aliphatic rings. The van der Waals surface area contributed by atoms with Crippen LogP contribution < -0.4 is 5.32 Å². The van der Waals surface area contributed by atoms with Crippen molar-refractivity contribution in [2.24, 2.45) is 17.8 Å². The molecule has 1 N–H and O–H groups in total. The molecule has 1 saturated carbocycles. The molecule has 0 aromatic carbocycles. The van der Waals surface area contributed by atoms with Crippen molar-refractivity contribution >= 4 is 0 Å². The second-order valence-corrected chi connectivity index (χ2v) is 7.14. The minimum absolute atomic E-state index is 0.759. The van der Waals surface area contributed by atoms with Crippen LogP contribution in [0.4, 0.5) is 0 Å². The normalized spacial score (nSPS) is 27.4. The second kappa shape index (κ2) is 9.78. The highest BCUT2D eigenvalue weighted by Gasteiger charge is 2.30. The summed E-state index contributed by atoms with van der Waals surface area (Å²) in [5.41, 5.74) is 0. The SMILES string of the molecule is CCCC1CCC(NCC)C(CN(CC)CC(C)C)C1. The van der Waals surface area contributed by atoms with E-state index in [0.29, 0.717) is 0 Å². The van der Waals surface area contributed by atoms with Crippen LogP contribution in [0.25, 0.3) is 0 Å². The maximum absolute atomic E-state index is 3.75. The van der Waals surface area contributed by atoms with E-state index in [1.807, 2.05) is 0 Å². The fourth-order valence-electron chi connectivity index (χ4n) is 3.95. The number of nitrogens with zero attached hydrogens (tertiary/aromatic N) is 1. The van der Waals surface area contributed by atoms with E-state index in [1.54, 1.807) is 0 Å². The molecule has 2 nitrogen and oxygen atoms in total. The summed E-state index contributed by atoms with van der Waals surface area (Å²) in [5, 5.41) is 3.75. The molecule has 0 aromatic rings. The van der Waals surface area contributed by atoms with Crippen molar-refractivity contribution in [1.29, 1.82) is 0 Å². The lowest BCUT2D eigenvalue weighted by atomic mass is 9.76. The van der Waals surface area contributed by atoms with Crippen LogP contribution in [0.15, 0.2) is 0 Å². The van der Waals surface area contributed by atoms with Crippen LogP contribution in [0, 0.1) is 17.8 Å². The van der Waals surface area contributed by atoms with E-state index < -0.39 is 0 Å². The lowest BCUT2D eigenvalue weighted by molar-refractivity contribution is 0.132. The average Bonchev–Trinajstić information content (AvgIpc) is 2.41. The predicted octanol–water partition coefficient (Wildman–Crippen LogP) is 4.16. The Balaban J connectivity index is 2.57. The first-order chi connectivity index (χ1) is 9.60. The Morgan fingerprint density at radius 1 is 1.15 bits per heavy atom. The van der Waals surface area contributed by atoms with Gasteiger partial charge >= 0.3 is 0 Å². The molecule has 0 radical (unpaired) electrons. The van der Waals surface area contributed by atoms with Gasteiger partial charge in [0.15, 0.2) is 0 Å². The first-order valence-corrected chi connectivity index (χ1v) is 9.06. The molecule has 0 amide bonds. The van der Waals surface area contributed by atoms with Crippen LogP contribution in [-0.2, 0) is 0 Å². The number of nitrogens with one attached hydrogen (secondary N) is 1. The third kappa shape index (κ3) is 6.13. The molecule has 0 saturated heterocycles. The Labute approximate surface area is 127 Å². The highest BCUT2D eigenvalue weighted by atomic mass is 15.1. The van der Waals surface area contributed by atoms with Gasteiger partial charge in [-0.2, -0.15) is 0 Å². The van der Waals surface area contributed by atoms with E-state index in [9.17, 15) is 0 Å². The van der Waals surface area contributed by atoms with Crippen LogP contribution in [-0.4, -0.2) is 37.1 Å². The lowest BCUT2D eigenvalue weighted by Gasteiger charge is -2.39. The number of rotatable bonds is 9. The van der Waals surface area contributed by atoms with Crippen LogP contribution >= 0.6 is 0 Å². The molecule has 20 heavy (non-hydrogen) atoms. The van der Waals surface area contributed by atoms with Crippen LogP contribution in [0.3, 0.4) is 0 Å². The highest BCUT2D eigenvalue weighted by molar-refractivity contribution is 4.86. The summed E-state index contributed by atoms with van der Waals surface area (Å²) in [5.74, 6) is 2.62. The molecule has 1 aliphatic carbocycles. The third-order valence-electron chi connectivity index (χ3n) is 4.82. The zero-order valence-electron chi connectivity index (χ0n) is 14.6. The van der Waals surface area contributed by atoms with Gasteiger partial charge < -0.3 is 10.2 Å². The molecule has 0 heterocycles. The van der Waals surface area contributed by atoms with E-state index in [-0.39, 0.29) is 0 Å². The highest BCUT2D eigenvalue weighted by Crippen LogP contribution is 2.32. The Kier molecular flexibility index (Phi) is 8.79. The lowest BCUT2D eigenvalue weighted by Crippen LogP contribution is -2.46. The zero-order chi connectivity index (χ0) is 15.0. The summed E-state index contributed by atoms with van der Waals surface area (Å²) in [6.45, 7) is 16.5. The van der Waals surface area contributed by atoms with Gasteiger partial charge in [-0.1, -0.05) is 47.5 Å². The quantitative estimate of drug-likeness (QED) is 0.683. The van der Waals surface area contributed by atoms with Crippen LogP contribution in [0.5, 0.6) is 0 Å². The molecule has 0 spiro atoms. The smallest absolute Gasteiger partial charge is 0.0108 e. The molecule has 2 heteroatoms. The summed E-state index contributed by atoms with van der Waals surface area (Å²) in [6, 6.07) is 0.759. The molecule has 3 unspecified atom stereocenters. The molecule has 1 rings (SSSR count). The van der Waals surface area contributed by atoms with Gasteiger partial charge in [-0.25, -0.2) is 0 Å². The van der Waals surface area contributed by atoms with Gasteiger partial charge in [0.1, 0.15) is 0 Å². The van der Waals surface area contributed by atoms with E-state index in [2.05, 4.69) is 44.8 Å². The van der Waals surface area contributed by atoms with Crippen LogP contribution in [0.2, 0.25) is 0 Å². The van der Waals surface area contributed by atoms with Crippen molar-refractivity contribution in [2.75, 3.05) is 26.2 Å². The molecular weight excluding hydrogens is 244 g/mol. The van der Waals surface area contributed by atoms with E-state index in [1.165, 1.54) is 51.7 Å². The topological polar surface area (TPSA) is 15.3 Å². The van der Waals surface area contributed by atoms with Gasteiger partial charge in [0, 0.05) is 19.1 Å². The summed E-state index contributed by atoms with van der Waals surface area (Å²) in [7, 11) is 0. The zero-order valence-corrected chi connectivity index (χ0v) is 14.6. The number of hydrogen-bond donors (Lipinski definition) is 1. The van der Waals surface area contributed by atoms with Crippen molar-refractivity contribution in [3.63, 3.8) is 0 Å². The van der Waals surface area contributed by atoms with Crippen molar-refractivity contribution < 1.29 is 0 Å². The molecule has 3 atom stereocenters. The molecule has 0 aliphatic heterocycles. The molecule has 1 fully saturated rings. The van der Waals surface area contributed by atoms with Crippen molar-refractivity contribution in [1.82, 2.24) is 10.2 Å². The van der Waals surface area contributed by atoms with Crippen molar-refractivity contribution in [2.45, 2.75) is 72.8 Å². The molecule has 0 aromatic heterocycles. The van der Waals surface area contributed by atoms with Gasteiger partial charge in [0.2, 0.25) is 0 Å². The number of hydrogen-bond acceptors (Lipinski definition) is 2. The van der Waals surface area contributed by atoms with E-state index in [0.717, 1.165) is 30.3 Å². The van der Waals surface area contributed by atoms with Crippen molar-refractivity contribution in [3.8, 4) is 0 Å². The fraction of sp³-hybridized carbons (Fsp3) is 1.00. The van der Waals surface area contributed by atoms with Gasteiger partial charge in [-0.15, -0.1) is 0 Å². The Morgan fingerprint density at radius 2 is 1.90 bits per heavy atom. The molecular formula is C18H38N2. The van der Waals surface area contributed by atoms with Gasteiger partial charge in [0.05, 0.1) is 0 Å². The first-order valence-electron chi connectivity index (χ1n) is 9.06. The Hall–Kier alpha value is -0.0800. The average molecular weight is 283 g/mol. The molecule has 0 bridgehead atoms. The maximum Gasteiger partial charge on any atom is 0.0108 e. The van der Waals surface area contributed by atoms with Crippen LogP contribution in [0.1, 0.15) is 66.7 Å².